The molecule has 5 nitrogen and oxygen atoms in total. The standard InChI is InChI=1S/C25H22N2O3/c28-22-13-11-19(12-14-22)17-23(25(29)30-18-20-7-3-1-4-8-20)27(24-15-16-26-24)21-9-5-2-6-10-21/h1-16,23,28H,17-18H2/t23-/m0/s1. The second kappa shape index (κ2) is 9.09. The maximum atomic E-state index is 13.3. The summed E-state index contributed by atoms with van der Waals surface area (Å²) in [6.07, 6.45) is 4.00. The molecule has 0 aliphatic carbocycles. The molecule has 0 fully saturated rings. The number of ether oxygens (including phenoxy) is 1. The number of nitrogens with zero attached hydrogens (tertiary/aromatic N) is 2. The van der Waals surface area contributed by atoms with Crippen molar-refractivity contribution < 1.29 is 14.6 Å². The Balaban J connectivity index is 1.62. The maximum Gasteiger partial charge on any atom is 0.329 e. The molecule has 1 N–H and O–H groups in total. The van der Waals surface area contributed by atoms with E-state index in [-0.39, 0.29) is 18.3 Å². The highest BCUT2D eigenvalue weighted by molar-refractivity contribution is 6.12. The number of phenols is 1. The smallest absolute Gasteiger partial charge is 0.329 e. The first kappa shape index (κ1) is 19.5. The fourth-order valence-corrected chi connectivity index (χ4v) is 3.30. The quantitative estimate of drug-likeness (QED) is 0.596. The van der Waals surface area contributed by atoms with Crippen LogP contribution in [0, 0.1) is 0 Å². The van der Waals surface area contributed by atoms with Crippen molar-refractivity contribution in [2.75, 3.05) is 4.90 Å². The molecule has 30 heavy (non-hydrogen) atoms. The van der Waals surface area contributed by atoms with E-state index in [1.165, 1.54) is 0 Å². The van der Waals surface area contributed by atoms with E-state index in [4.69, 9.17) is 4.74 Å². The molecule has 0 saturated carbocycles. The first-order valence-corrected chi connectivity index (χ1v) is 9.78. The van der Waals surface area contributed by atoms with Gasteiger partial charge in [0.25, 0.3) is 0 Å². The number of rotatable bonds is 7. The number of anilines is 1. The van der Waals surface area contributed by atoms with Gasteiger partial charge in [0.05, 0.1) is 0 Å². The number of phenolic OH excluding ortho intramolecular Hbond substituents is 1. The lowest BCUT2D eigenvalue weighted by molar-refractivity contribution is -0.146. The van der Waals surface area contributed by atoms with Crippen LogP contribution >= 0.6 is 0 Å². The number of amidine groups is 1. The number of aliphatic imine (C=N–C) groups is 1. The third-order valence-electron chi connectivity index (χ3n) is 4.88. The molecule has 0 unspecified atom stereocenters. The Bertz CT molecular complexity index is 1040. The molecule has 0 radical (unpaired) electrons. The monoisotopic (exact) mass is 398 g/mol. The lowest BCUT2D eigenvalue weighted by atomic mass is 10.0. The Hall–Kier alpha value is -3.86. The molecule has 1 aliphatic heterocycles. The summed E-state index contributed by atoms with van der Waals surface area (Å²) in [7, 11) is 0. The van der Waals surface area contributed by atoms with Crippen LogP contribution in [0.2, 0.25) is 0 Å². The molecule has 150 valence electrons. The lowest BCUT2D eigenvalue weighted by Crippen LogP contribution is -2.48. The van der Waals surface area contributed by atoms with E-state index in [2.05, 4.69) is 4.99 Å². The summed E-state index contributed by atoms with van der Waals surface area (Å²) < 4.78 is 5.70. The van der Waals surface area contributed by atoms with Gasteiger partial charge in [0.15, 0.2) is 0 Å². The molecule has 0 amide bonds. The molecule has 1 heterocycles. The van der Waals surface area contributed by atoms with Gasteiger partial charge in [-0.1, -0.05) is 60.7 Å². The molecule has 4 rings (SSSR count). The van der Waals surface area contributed by atoms with Crippen molar-refractivity contribution in [3.63, 3.8) is 0 Å². The lowest BCUT2D eigenvalue weighted by Gasteiger charge is -2.33. The van der Waals surface area contributed by atoms with E-state index >= 15 is 0 Å². The predicted octanol–water partition coefficient (Wildman–Crippen LogP) is 4.48. The van der Waals surface area contributed by atoms with Crippen LogP contribution in [0.3, 0.4) is 0 Å². The molecule has 0 spiro atoms. The minimum atomic E-state index is -0.607. The third-order valence-corrected chi connectivity index (χ3v) is 4.88. The molecule has 3 aromatic rings. The summed E-state index contributed by atoms with van der Waals surface area (Å²) >= 11 is 0. The molecular weight excluding hydrogens is 376 g/mol. The van der Waals surface area contributed by atoms with Gasteiger partial charge in [-0.3, -0.25) is 0 Å². The van der Waals surface area contributed by atoms with Gasteiger partial charge >= 0.3 is 5.97 Å². The van der Waals surface area contributed by atoms with Gasteiger partial charge < -0.3 is 14.7 Å². The fraction of sp³-hybridized carbons (Fsp3) is 0.120. The highest BCUT2D eigenvalue weighted by Gasteiger charge is 2.32. The van der Waals surface area contributed by atoms with Crippen LogP contribution in [0.5, 0.6) is 5.75 Å². The molecule has 0 aromatic heterocycles. The Morgan fingerprint density at radius 3 is 2.13 bits per heavy atom. The zero-order valence-corrected chi connectivity index (χ0v) is 16.4. The zero-order valence-electron chi connectivity index (χ0n) is 16.4. The van der Waals surface area contributed by atoms with Gasteiger partial charge in [-0.15, -0.1) is 0 Å². The first-order chi connectivity index (χ1) is 14.7. The number of carbonyl (C=O) groups excluding carboxylic acids is 1. The van der Waals surface area contributed by atoms with E-state index < -0.39 is 6.04 Å². The van der Waals surface area contributed by atoms with Crippen LogP contribution in [0.15, 0.2) is 102 Å². The molecule has 0 bridgehead atoms. The van der Waals surface area contributed by atoms with Crippen LogP contribution in [0.1, 0.15) is 11.1 Å². The van der Waals surface area contributed by atoms with E-state index in [1.807, 2.05) is 83.8 Å². The molecule has 1 atom stereocenters. The van der Waals surface area contributed by atoms with Gasteiger partial charge in [0, 0.05) is 18.3 Å². The summed E-state index contributed by atoms with van der Waals surface area (Å²) in [4.78, 5) is 19.5. The largest absolute Gasteiger partial charge is 0.508 e. The van der Waals surface area contributed by atoms with Crippen LogP contribution in [0.25, 0.3) is 0 Å². The van der Waals surface area contributed by atoms with Crippen molar-refractivity contribution in [3.05, 3.63) is 108 Å². The van der Waals surface area contributed by atoms with Crippen LogP contribution < -0.4 is 4.90 Å². The number of aromatic hydroxyl groups is 1. The molecule has 1 aliphatic rings. The summed E-state index contributed by atoms with van der Waals surface area (Å²) in [5.74, 6) is 0.564. The normalized spacial score (nSPS) is 13.1. The van der Waals surface area contributed by atoms with Crippen molar-refractivity contribution in [3.8, 4) is 5.75 Å². The number of hydrogen-bond donors (Lipinski definition) is 1. The van der Waals surface area contributed by atoms with Crippen LogP contribution in [-0.4, -0.2) is 23.0 Å². The third kappa shape index (κ3) is 4.58. The van der Waals surface area contributed by atoms with Crippen molar-refractivity contribution in [1.29, 1.82) is 0 Å². The van der Waals surface area contributed by atoms with Crippen LogP contribution in [0.4, 0.5) is 5.69 Å². The maximum absolute atomic E-state index is 13.3. The average molecular weight is 398 g/mol. The van der Waals surface area contributed by atoms with Gasteiger partial charge in [-0.25, -0.2) is 9.79 Å². The highest BCUT2D eigenvalue weighted by Crippen LogP contribution is 2.24. The zero-order chi connectivity index (χ0) is 20.8. The minimum Gasteiger partial charge on any atom is -0.508 e. The topological polar surface area (TPSA) is 62.1 Å². The number of benzene rings is 3. The highest BCUT2D eigenvalue weighted by atomic mass is 16.5. The van der Waals surface area contributed by atoms with Crippen molar-refractivity contribution >= 4 is 17.5 Å². The van der Waals surface area contributed by atoms with Crippen LogP contribution in [-0.2, 0) is 22.6 Å². The second-order valence-electron chi connectivity index (χ2n) is 6.99. The molecular formula is C25H22N2O3. The van der Waals surface area contributed by atoms with Crippen molar-refractivity contribution in [2.45, 2.75) is 19.1 Å². The summed E-state index contributed by atoms with van der Waals surface area (Å²) in [6, 6.07) is 25.6. The molecule has 3 aromatic carbocycles. The van der Waals surface area contributed by atoms with E-state index in [1.54, 1.807) is 18.3 Å². The summed E-state index contributed by atoms with van der Waals surface area (Å²) in [5, 5.41) is 9.60. The number of esters is 1. The number of hydrogen-bond acceptors (Lipinski definition) is 5. The summed E-state index contributed by atoms with van der Waals surface area (Å²) in [6.45, 7) is 0.205. The van der Waals surface area contributed by atoms with Gasteiger partial charge in [-0.2, -0.15) is 0 Å². The Labute approximate surface area is 175 Å². The predicted molar refractivity (Wildman–Crippen MR) is 117 cm³/mol. The minimum absolute atomic E-state index is 0.188. The average Bonchev–Trinajstić information content (AvgIpc) is 2.76. The number of carbonyl (C=O) groups is 1. The SMILES string of the molecule is O=C(OCc1ccccc1)[C@H](Cc1ccc(O)cc1)N(C1=NC=C1)c1ccccc1. The first-order valence-electron chi connectivity index (χ1n) is 9.78. The van der Waals surface area contributed by atoms with Crippen molar-refractivity contribution in [2.24, 2.45) is 4.99 Å². The van der Waals surface area contributed by atoms with Gasteiger partial charge in [0.1, 0.15) is 24.2 Å². The van der Waals surface area contributed by atoms with Gasteiger partial charge in [-0.05, 0) is 41.5 Å². The van der Waals surface area contributed by atoms with E-state index in [0.29, 0.717) is 12.3 Å². The van der Waals surface area contributed by atoms with Crippen molar-refractivity contribution in [1.82, 2.24) is 0 Å². The fourth-order valence-electron chi connectivity index (χ4n) is 3.30. The summed E-state index contributed by atoms with van der Waals surface area (Å²) in [5.41, 5.74) is 2.71. The van der Waals surface area contributed by atoms with E-state index in [0.717, 1.165) is 16.8 Å². The number of para-hydroxylation sites is 1. The Morgan fingerprint density at radius 2 is 1.53 bits per heavy atom. The van der Waals surface area contributed by atoms with E-state index in [9.17, 15) is 9.90 Å². The van der Waals surface area contributed by atoms with Gasteiger partial charge in [0.2, 0.25) is 0 Å². The molecule has 0 saturated heterocycles. The molecule has 5 heteroatoms. The second-order valence-corrected chi connectivity index (χ2v) is 6.99. The Kier molecular flexibility index (Phi) is 5.90. The Morgan fingerprint density at radius 1 is 0.900 bits per heavy atom.